The van der Waals surface area contributed by atoms with E-state index in [1.807, 2.05) is 0 Å². The molecule has 1 aliphatic rings. The third-order valence-electron chi connectivity index (χ3n) is 3.55. The highest BCUT2D eigenvalue weighted by Gasteiger charge is 2.34. The maximum absolute atomic E-state index is 12.7. The molecular formula is C13H15N5O4S. The molecule has 3 rings (SSSR count). The number of nitrogens with one attached hydrogen (secondary N) is 1. The molecule has 0 radical (unpaired) electrons. The van der Waals surface area contributed by atoms with Crippen molar-refractivity contribution in [2.45, 2.75) is 10.9 Å². The van der Waals surface area contributed by atoms with Gasteiger partial charge in [-0.1, -0.05) is 0 Å². The quantitative estimate of drug-likeness (QED) is 0.825. The van der Waals surface area contributed by atoms with Gasteiger partial charge < -0.3 is 9.64 Å². The Balaban J connectivity index is 1.97. The molecule has 3 heterocycles. The van der Waals surface area contributed by atoms with Crippen LogP contribution in [-0.4, -0.2) is 65.6 Å². The van der Waals surface area contributed by atoms with Gasteiger partial charge in [-0.2, -0.15) is 10.2 Å². The van der Waals surface area contributed by atoms with Gasteiger partial charge >= 0.3 is 0 Å². The lowest BCUT2D eigenvalue weighted by atomic mass is 10.1. The van der Waals surface area contributed by atoms with Crippen molar-refractivity contribution in [2.75, 3.05) is 26.0 Å². The second kappa shape index (κ2) is 6.05. The predicted octanol–water partition coefficient (Wildman–Crippen LogP) is -0.183. The third-order valence-corrected chi connectivity index (χ3v) is 4.67. The van der Waals surface area contributed by atoms with E-state index in [0.29, 0.717) is 18.8 Å². The van der Waals surface area contributed by atoms with Crippen LogP contribution < -0.4 is 0 Å². The number of carbonyl (C=O) groups excluding carboxylic acids is 1. The maximum Gasteiger partial charge on any atom is 0.275 e. The van der Waals surface area contributed by atoms with Crippen molar-refractivity contribution in [3.8, 4) is 0 Å². The molecule has 10 heteroatoms. The molecule has 1 saturated heterocycles. The first-order valence-corrected chi connectivity index (χ1v) is 8.77. The van der Waals surface area contributed by atoms with E-state index in [4.69, 9.17) is 4.74 Å². The van der Waals surface area contributed by atoms with Gasteiger partial charge in [0, 0.05) is 19.0 Å². The molecule has 0 bridgehead atoms. The van der Waals surface area contributed by atoms with Crippen LogP contribution in [-0.2, 0) is 14.6 Å². The van der Waals surface area contributed by atoms with Gasteiger partial charge in [-0.05, 0) is 12.1 Å². The second-order valence-corrected chi connectivity index (χ2v) is 7.10. The van der Waals surface area contributed by atoms with Gasteiger partial charge in [0.05, 0.1) is 31.1 Å². The van der Waals surface area contributed by atoms with Crippen molar-refractivity contribution in [1.82, 2.24) is 25.3 Å². The van der Waals surface area contributed by atoms with Gasteiger partial charge in [0.1, 0.15) is 4.90 Å². The molecule has 0 unspecified atom stereocenters. The third kappa shape index (κ3) is 3.08. The average molecular weight is 337 g/mol. The summed E-state index contributed by atoms with van der Waals surface area (Å²) < 4.78 is 29.2. The van der Waals surface area contributed by atoms with E-state index >= 15 is 0 Å². The average Bonchev–Trinajstić information content (AvgIpc) is 3.05. The largest absolute Gasteiger partial charge is 0.377 e. The first kappa shape index (κ1) is 15.6. The zero-order chi connectivity index (χ0) is 16.4. The van der Waals surface area contributed by atoms with Crippen LogP contribution in [0.1, 0.15) is 22.2 Å². The van der Waals surface area contributed by atoms with Crippen LogP contribution in [0.5, 0.6) is 0 Å². The molecule has 1 aliphatic heterocycles. The minimum absolute atomic E-state index is 0.0601. The van der Waals surface area contributed by atoms with Gasteiger partial charge in [-0.3, -0.25) is 9.89 Å². The summed E-state index contributed by atoms with van der Waals surface area (Å²) in [6, 6.07) is 2.60. The second-order valence-electron chi connectivity index (χ2n) is 5.12. The standard InChI is InChI=1S/C13H15N5O4S/c1-23(20,21)11-7-15-17-12(11)10-8-22-6-5-18(10)13(19)9-3-2-4-14-16-9/h2-4,7,10H,5-6,8H2,1H3,(H,15,17)/t10-/m1/s1. The Hall–Kier alpha value is -2.33. The molecule has 2 aromatic rings. The van der Waals surface area contributed by atoms with Crippen molar-refractivity contribution in [3.63, 3.8) is 0 Å². The van der Waals surface area contributed by atoms with Crippen LogP contribution in [0.15, 0.2) is 29.4 Å². The lowest BCUT2D eigenvalue weighted by Crippen LogP contribution is -2.44. The lowest BCUT2D eigenvalue weighted by molar-refractivity contribution is -0.00504. The minimum atomic E-state index is -3.47. The topological polar surface area (TPSA) is 118 Å². The number of aromatic nitrogens is 4. The molecule has 1 amide bonds. The minimum Gasteiger partial charge on any atom is -0.377 e. The Labute approximate surface area is 132 Å². The number of aromatic amines is 1. The molecule has 0 saturated carbocycles. The molecule has 9 nitrogen and oxygen atoms in total. The molecule has 1 N–H and O–H groups in total. The number of rotatable bonds is 3. The highest BCUT2D eigenvalue weighted by molar-refractivity contribution is 7.90. The summed E-state index contributed by atoms with van der Waals surface area (Å²) in [7, 11) is -3.47. The van der Waals surface area contributed by atoms with E-state index in [1.54, 1.807) is 12.1 Å². The van der Waals surface area contributed by atoms with Crippen molar-refractivity contribution in [2.24, 2.45) is 0 Å². The molecule has 0 aliphatic carbocycles. The highest BCUT2D eigenvalue weighted by atomic mass is 32.2. The van der Waals surface area contributed by atoms with Crippen molar-refractivity contribution in [1.29, 1.82) is 0 Å². The fourth-order valence-corrected chi connectivity index (χ4v) is 3.29. The number of hydrogen-bond acceptors (Lipinski definition) is 7. The zero-order valence-electron chi connectivity index (χ0n) is 12.3. The summed E-state index contributed by atoms with van der Waals surface area (Å²) in [5.74, 6) is -0.333. The van der Waals surface area contributed by atoms with Crippen molar-refractivity contribution < 1.29 is 17.9 Å². The molecule has 0 spiro atoms. The van der Waals surface area contributed by atoms with Gasteiger partial charge in [0.15, 0.2) is 15.5 Å². The fourth-order valence-electron chi connectivity index (χ4n) is 2.47. The first-order chi connectivity index (χ1) is 11.0. The van der Waals surface area contributed by atoms with Crippen LogP contribution in [0.2, 0.25) is 0 Å². The Bertz CT molecular complexity index is 805. The fraction of sp³-hybridized carbons (Fsp3) is 0.385. The summed E-state index contributed by atoms with van der Waals surface area (Å²) >= 11 is 0. The van der Waals surface area contributed by atoms with Crippen LogP contribution in [0, 0.1) is 0 Å². The summed E-state index contributed by atoms with van der Waals surface area (Å²) in [6.07, 6.45) is 3.81. The monoisotopic (exact) mass is 337 g/mol. The first-order valence-electron chi connectivity index (χ1n) is 6.88. The van der Waals surface area contributed by atoms with E-state index in [9.17, 15) is 13.2 Å². The van der Waals surface area contributed by atoms with Crippen molar-refractivity contribution >= 4 is 15.7 Å². The Morgan fingerprint density at radius 2 is 2.30 bits per heavy atom. The molecule has 1 fully saturated rings. The molecule has 23 heavy (non-hydrogen) atoms. The lowest BCUT2D eigenvalue weighted by Gasteiger charge is -2.35. The van der Waals surface area contributed by atoms with E-state index in [-0.39, 0.29) is 23.1 Å². The predicted molar refractivity (Wildman–Crippen MR) is 78.3 cm³/mol. The van der Waals surface area contributed by atoms with Crippen LogP contribution in [0.25, 0.3) is 0 Å². The van der Waals surface area contributed by atoms with Gasteiger partial charge in [-0.15, -0.1) is 5.10 Å². The summed E-state index contributed by atoms with van der Waals surface area (Å²) in [5, 5.41) is 14.0. The number of amides is 1. The smallest absolute Gasteiger partial charge is 0.275 e. The molecule has 2 aromatic heterocycles. The number of morpholine rings is 1. The number of hydrogen-bond donors (Lipinski definition) is 1. The Kier molecular flexibility index (Phi) is 4.09. The number of ether oxygens (including phenoxy) is 1. The van der Waals surface area contributed by atoms with Crippen LogP contribution in [0.4, 0.5) is 0 Å². The molecule has 0 aromatic carbocycles. The van der Waals surface area contributed by atoms with E-state index < -0.39 is 15.9 Å². The van der Waals surface area contributed by atoms with E-state index in [2.05, 4.69) is 20.4 Å². The van der Waals surface area contributed by atoms with Gasteiger partial charge in [0.25, 0.3) is 5.91 Å². The van der Waals surface area contributed by atoms with E-state index in [1.165, 1.54) is 17.3 Å². The van der Waals surface area contributed by atoms with Crippen molar-refractivity contribution in [3.05, 3.63) is 35.9 Å². The zero-order valence-corrected chi connectivity index (χ0v) is 13.2. The highest BCUT2D eigenvalue weighted by Crippen LogP contribution is 2.28. The van der Waals surface area contributed by atoms with Gasteiger partial charge in [0.2, 0.25) is 0 Å². The number of nitrogens with zero attached hydrogens (tertiary/aromatic N) is 4. The molecular weight excluding hydrogens is 322 g/mol. The Morgan fingerprint density at radius 1 is 1.48 bits per heavy atom. The normalized spacial score (nSPS) is 18.8. The van der Waals surface area contributed by atoms with E-state index in [0.717, 1.165) is 6.26 Å². The summed E-state index contributed by atoms with van der Waals surface area (Å²) in [5.41, 5.74) is 0.532. The number of carbonyl (C=O) groups is 1. The van der Waals surface area contributed by atoms with Crippen LogP contribution in [0.3, 0.4) is 0 Å². The summed E-state index contributed by atoms with van der Waals surface area (Å²) in [6.45, 7) is 0.865. The number of sulfone groups is 1. The SMILES string of the molecule is CS(=O)(=O)c1cn[nH]c1[C@H]1COCCN1C(=O)c1cccnn1. The molecule has 1 atom stereocenters. The Morgan fingerprint density at radius 3 is 3.00 bits per heavy atom. The summed E-state index contributed by atoms with van der Waals surface area (Å²) in [4.78, 5) is 14.2. The molecule has 122 valence electrons. The van der Waals surface area contributed by atoms with Gasteiger partial charge in [-0.25, -0.2) is 8.42 Å². The maximum atomic E-state index is 12.7. The number of H-pyrrole nitrogens is 1. The van der Waals surface area contributed by atoms with Crippen LogP contribution >= 0.6 is 0 Å².